The van der Waals surface area contributed by atoms with Crippen LogP contribution >= 0.6 is 0 Å². The lowest BCUT2D eigenvalue weighted by Gasteiger charge is -2.24. The van der Waals surface area contributed by atoms with E-state index in [0.717, 1.165) is 29.8 Å². The second-order valence-corrected chi connectivity index (χ2v) is 6.46. The molecule has 100 valence electrons. The number of benzene rings is 1. The van der Waals surface area contributed by atoms with Gasteiger partial charge in [0.1, 0.15) is 5.58 Å². The molecule has 2 heteroatoms. The first-order valence-corrected chi connectivity index (χ1v) is 7.53. The molecule has 0 spiro atoms. The average Bonchev–Trinajstić information content (AvgIpc) is 3.13. The molecule has 2 nitrogen and oxygen atoms in total. The Hall–Kier alpha value is -1.28. The fourth-order valence-electron chi connectivity index (χ4n) is 4.40. The van der Waals surface area contributed by atoms with Crippen LogP contribution in [0.2, 0.25) is 0 Å². The molecule has 0 saturated heterocycles. The predicted molar refractivity (Wildman–Crippen MR) is 76.7 cm³/mol. The molecule has 0 aliphatic heterocycles. The minimum Gasteiger partial charge on any atom is -0.464 e. The SMILES string of the molecule is NC(CC1CC2CCC1C2)c1coc2ccccc12. The van der Waals surface area contributed by atoms with Crippen LogP contribution < -0.4 is 5.73 Å². The van der Waals surface area contributed by atoms with Gasteiger partial charge in [0.2, 0.25) is 0 Å². The zero-order chi connectivity index (χ0) is 12.8. The summed E-state index contributed by atoms with van der Waals surface area (Å²) >= 11 is 0. The summed E-state index contributed by atoms with van der Waals surface area (Å²) in [6.45, 7) is 0. The zero-order valence-corrected chi connectivity index (χ0v) is 11.2. The van der Waals surface area contributed by atoms with Crippen LogP contribution in [0, 0.1) is 17.8 Å². The Morgan fingerprint density at radius 1 is 1.21 bits per heavy atom. The number of hydrogen-bond donors (Lipinski definition) is 1. The number of fused-ring (bicyclic) bond motifs is 3. The maximum Gasteiger partial charge on any atom is 0.134 e. The number of rotatable bonds is 3. The van der Waals surface area contributed by atoms with E-state index in [1.165, 1.54) is 36.6 Å². The molecule has 2 saturated carbocycles. The van der Waals surface area contributed by atoms with Crippen molar-refractivity contribution in [1.29, 1.82) is 0 Å². The lowest BCUT2D eigenvalue weighted by molar-refractivity contribution is 0.296. The zero-order valence-electron chi connectivity index (χ0n) is 11.2. The van der Waals surface area contributed by atoms with Crippen molar-refractivity contribution in [2.75, 3.05) is 0 Å². The summed E-state index contributed by atoms with van der Waals surface area (Å²) in [5.74, 6) is 2.81. The minimum atomic E-state index is 0.132. The van der Waals surface area contributed by atoms with Crippen molar-refractivity contribution in [3.05, 3.63) is 36.1 Å². The van der Waals surface area contributed by atoms with Crippen molar-refractivity contribution >= 4 is 11.0 Å². The summed E-state index contributed by atoms with van der Waals surface area (Å²) in [4.78, 5) is 0. The first kappa shape index (κ1) is 11.5. The normalized spacial score (nSPS) is 31.1. The van der Waals surface area contributed by atoms with Gasteiger partial charge in [-0.1, -0.05) is 24.6 Å². The van der Waals surface area contributed by atoms with E-state index in [4.69, 9.17) is 10.2 Å². The molecule has 1 heterocycles. The third-order valence-corrected chi connectivity index (χ3v) is 5.35. The number of hydrogen-bond acceptors (Lipinski definition) is 2. The summed E-state index contributed by atoms with van der Waals surface area (Å²) < 4.78 is 5.62. The van der Waals surface area contributed by atoms with Gasteiger partial charge in [0.05, 0.1) is 6.26 Å². The van der Waals surface area contributed by atoms with E-state index in [9.17, 15) is 0 Å². The van der Waals surface area contributed by atoms with Gasteiger partial charge in [-0.05, 0) is 49.5 Å². The molecular weight excluding hydrogens is 234 g/mol. The van der Waals surface area contributed by atoms with E-state index in [0.29, 0.717) is 0 Å². The molecule has 1 aromatic carbocycles. The Kier molecular flexibility index (Phi) is 2.66. The van der Waals surface area contributed by atoms with Gasteiger partial charge in [0, 0.05) is 17.0 Å². The minimum absolute atomic E-state index is 0.132. The van der Waals surface area contributed by atoms with Crippen LogP contribution in [0.25, 0.3) is 11.0 Å². The van der Waals surface area contributed by atoms with Crippen LogP contribution in [-0.4, -0.2) is 0 Å². The Morgan fingerprint density at radius 3 is 2.89 bits per heavy atom. The third kappa shape index (κ3) is 1.90. The fraction of sp³-hybridized carbons (Fsp3) is 0.529. The average molecular weight is 255 g/mol. The van der Waals surface area contributed by atoms with E-state index >= 15 is 0 Å². The van der Waals surface area contributed by atoms with Crippen LogP contribution in [0.1, 0.15) is 43.7 Å². The summed E-state index contributed by atoms with van der Waals surface area (Å²) in [6, 6.07) is 8.34. The first-order valence-electron chi connectivity index (χ1n) is 7.53. The fourth-order valence-corrected chi connectivity index (χ4v) is 4.40. The van der Waals surface area contributed by atoms with Gasteiger partial charge in [0.25, 0.3) is 0 Å². The molecule has 2 aliphatic carbocycles. The Bertz CT molecular complexity index is 588. The highest BCUT2D eigenvalue weighted by molar-refractivity contribution is 5.81. The van der Waals surface area contributed by atoms with Crippen molar-refractivity contribution in [2.24, 2.45) is 23.5 Å². The van der Waals surface area contributed by atoms with E-state index in [2.05, 4.69) is 12.1 Å². The summed E-state index contributed by atoms with van der Waals surface area (Å²) in [7, 11) is 0. The molecule has 4 rings (SSSR count). The van der Waals surface area contributed by atoms with E-state index in [1.54, 1.807) is 0 Å². The molecule has 0 radical (unpaired) electrons. The van der Waals surface area contributed by atoms with Gasteiger partial charge in [-0.25, -0.2) is 0 Å². The van der Waals surface area contributed by atoms with Crippen LogP contribution in [0.4, 0.5) is 0 Å². The maximum absolute atomic E-state index is 6.46. The molecule has 4 atom stereocenters. The van der Waals surface area contributed by atoms with Gasteiger partial charge in [-0.15, -0.1) is 0 Å². The topological polar surface area (TPSA) is 39.2 Å². The predicted octanol–water partition coefficient (Wildman–Crippen LogP) is 4.26. The second-order valence-electron chi connectivity index (χ2n) is 6.46. The van der Waals surface area contributed by atoms with Crippen LogP contribution in [0.5, 0.6) is 0 Å². The van der Waals surface area contributed by atoms with Crippen LogP contribution in [0.15, 0.2) is 34.9 Å². The van der Waals surface area contributed by atoms with E-state index < -0.39 is 0 Å². The van der Waals surface area contributed by atoms with Crippen molar-refractivity contribution in [1.82, 2.24) is 0 Å². The largest absolute Gasteiger partial charge is 0.464 e. The maximum atomic E-state index is 6.46. The molecule has 19 heavy (non-hydrogen) atoms. The number of furan rings is 1. The standard InChI is InChI=1S/C17H21NO/c18-16(9-13-8-11-5-6-12(13)7-11)15-10-19-17-4-2-1-3-14(15)17/h1-4,10-13,16H,5-9,18H2. The van der Waals surface area contributed by atoms with Gasteiger partial charge < -0.3 is 10.2 Å². The highest BCUT2D eigenvalue weighted by Crippen LogP contribution is 2.50. The van der Waals surface area contributed by atoms with Crippen molar-refractivity contribution in [3.8, 4) is 0 Å². The smallest absolute Gasteiger partial charge is 0.134 e. The number of nitrogens with two attached hydrogens (primary N) is 1. The third-order valence-electron chi connectivity index (χ3n) is 5.35. The molecular formula is C17H21NO. The van der Waals surface area contributed by atoms with Gasteiger partial charge in [0.15, 0.2) is 0 Å². The van der Waals surface area contributed by atoms with Gasteiger partial charge >= 0.3 is 0 Å². The Morgan fingerprint density at radius 2 is 2.11 bits per heavy atom. The van der Waals surface area contributed by atoms with Crippen LogP contribution in [0.3, 0.4) is 0 Å². The monoisotopic (exact) mass is 255 g/mol. The highest BCUT2D eigenvalue weighted by Gasteiger charge is 2.40. The Labute approximate surface area is 114 Å². The molecule has 2 aliphatic rings. The lowest BCUT2D eigenvalue weighted by atomic mass is 9.83. The van der Waals surface area contributed by atoms with Crippen molar-refractivity contribution in [2.45, 2.75) is 38.1 Å². The highest BCUT2D eigenvalue weighted by atomic mass is 16.3. The van der Waals surface area contributed by atoms with E-state index in [1.807, 2.05) is 18.4 Å². The summed E-state index contributed by atoms with van der Waals surface area (Å²) in [5, 5.41) is 1.19. The first-order chi connectivity index (χ1) is 9.31. The summed E-state index contributed by atoms with van der Waals surface area (Å²) in [5.41, 5.74) is 8.61. The van der Waals surface area contributed by atoms with Crippen LogP contribution in [-0.2, 0) is 0 Å². The molecule has 2 aromatic rings. The second kappa shape index (κ2) is 4.38. The van der Waals surface area contributed by atoms with Gasteiger partial charge in [-0.2, -0.15) is 0 Å². The molecule has 1 aromatic heterocycles. The van der Waals surface area contributed by atoms with Gasteiger partial charge in [-0.3, -0.25) is 0 Å². The molecule has 2 bridgehead atoms. The molecule has 0 amide bonds. The van der Waals surface area contributed by atoms with E-state index in [-0.39, 0.29) is 6.04 Å². The molecule has 2 fully saturated rings. The molecule has 4 unspecified atom stereocenters. The quantitative estimate of drug-likeness (QED) is 0.890. The molecule has 2 N–H and O–H groups in total. The Balaban J connectivity index is 1.55. The van der Waals surface area contributed by atoms with Crippen molar-refractivity contribution in [3.63, 3.8) is 0 Å². The summed E-state index contributed by atoms with van der Waals surface area (Å²) in [6.07, 6.45) is 8.77. The lowest BCUT2D eigenvalue weighted by Crippen LogP contribution is -2.19. The number of para-hydroxylation sites is 1. The van der Waals surface area contributed by atoms with Crippen molar-refractivity contribution < 1.29 is 4.42 Å².